The molecule has 20 heavy (non-hydrogen) atoms. The summed E-state index contributed by atoms with van der Waals surface area (Å²) in [5.74, 6) is 0. The van der Waals surface area contributed by atoms with Crippen LogP contribution in [0.25, 0.3) is 11.0 Å². The summed E-state index contributed by atoms with van der Waals surface area (Å²) in [5, 5.41) is 8.12. The second-order valence-corrected chi connectivity index (χ2v) is 5.05. The molecule has 110 valence electrons. The van der Waals surface area contributed by atoms with Gasteiger partial charge in [-0.25, -0.2) is 4.98 Å². The third kappa shape index (κ3) is 3.07. The fourth-order valence-electron chi connectivity index (χ4n) is 2.47. The van der Waals surface area contributed by atoms with Gasteiger partial charge in [0.05, 0.1) is 12.5 Å². The van der Waals surface area contributed by atoms with E-state index in [-0.39, 0.29) is 5.56 Å². The average molecular weight is 277 g/mol. The van der Waals surface area contributed by atoms with Gasteiger partial charge < -0.3 is 5.32 Å². The molecule has 0 spiro atoms. The Kier molecular flexibility index (Phi) is 4.89. The molecule has 1 atom stereocenters. The van der Waals surface area contributed by atoms with E-state index in [9.17, 15) is 4.79 Å². The molecule has 0 saturated heterocycles. The van der Waals surface area contributed by atoms with Crippen LogP contribution in [0, 0.1) is 0 Å². The molecule has 2 rings (SSSR count). The van der Waals surface area contributed by atoms with Crippen molar-refractivity contribution < 1.29 is 0 Å². The number of rotatable bonds is 7. The summed E-state index contributed by atoms with van der Waals surface area (Å²) in [6.07, 6.45) is 6.37. The van der Waals surface area contributed by atoms with Crippen molar-refractivity contribution in [1.82, 2.24) is 24.6 Å². The van der Waals surface area contributed by atoms with Crippen LogP contribution in [-0.4, -0.2) is 31.9 Å². The smallest absolute Gasteiger partial charge is 0.264 e. The molecule has 1 N–H and O–H groups in total. The fraction of sp³-hybridized carbons (Fsp3) is 0.643. The summed E-state index contributed by atoms with van der Waals surface area (Å²) in [7, 11) is 1.79. The fourth-order valence-corrected chi connectivity index (χ4v) is 2.47. The van der Waals surface area contributed by atoms with Crippen molar-refractivity contribution in [2.45, 2.75) is 45.7 Å². The lowest BCUT2D eigenvalue weighted by Gasteiger charge is -2.15. The van der Waals surface area contributed by atoms with E-state index >= 15 is 0 Å². The maximum atomic E-state index is 12.3. The van der Waals surface area contributed by atoms with Gasteiger partial charge in [-0.05, 0) is 25.8 Å². The molecule has 0 saturated carbocycles. The second-order valence-electron chi connectivity index (χ2n) is 5.05. The third-order valence-corrected chi connectivity index (χ3v) is 3.66. The lowest BCUT2D eigenvalue weighted by molar-refractivity contribution is 0.446. The molecule has 2 aromatic rings. The van der Waals surface area contributed by atoms with Crippen LogP contribution in [0.2, 0.25) is 0 Å². The van der Waals surface area contributed by atoms with Gasteiger partial charge in [0, 0.05) is 19.6 Å². The van der Waals surface area contributed by atoms with Crippen molar-refractivity contribution in [2.24, 2.45) is 7.05 Å². The van der Waals surface area contributed by atoms with Gasteiger partial charge in [0.25, 0.3) is 5.56 Å². The molecule has 2 aromatic heterocycles. The highest BCUT2D eigenvalue weighted by Crippen LogP contribution is 2.06. The minimum Gasteiger partial charge on any atom is -0.314 e. The third-order valence-electron chi connectivity index (χ3n) is 3.66. The van der Waals surface area contributed by atoms with Crippen molar-refractivity contribution in [2.75, 3.05) is 6.54 Å². The zero-order chi connectivity index (χ0) is 14.5. The molecular formula is C14H23N5O. The normalized spacial score (nSPS) is 12.9. The lowest BCUT2D eigenvalue weighted by atomic mass is 10.1. The van der Waals surface area contributed by atoms with Crippen LogP contribution in [0.1, 0.15) is 33.1 Å². The Balaban J connectivity index is 2.03. The van der Waals surface area contributed by atoms with E-state index in [1.165, 1.54) is 0 Å². The first-order valence-electron chi connectivity index (χ1n) is 7.27. The molecule has 2 heterocycles. The molecule has 0 aromatic carbocycles. The summed E-state index contributed by atoms with van der Waals surface area (Å²) in [5.41, 5.74) is 0.643. The average Bonchev–Trinajstić information content (AvgIpc) is 2.82. The summed E-state index contributed by atoms with van der Waals surface area (Å²) in [6, 6.07) is 0.533. The van der Waals surface area contributed by atoms with Gasteiger partial charge in [-0.3, -0.25) is 14.0 Å². The minimum atomic E-state index is -0.000371. The van der Waals surface area contributed by atoms with E-state index in [0.717, 1.165) is 25.8 Å². The first kappa shape index (κ1) is 14.7. The molecule has 1 unspecified atom stereocenters. The Hall–Kier alpha value is -1.69. The molecule has 6 heteroatoms. The molecular weight excluding hydrogens is 254 g/mol. The van der Waals surface area contributed by atoms with Gasteiger partial charge in [-0.2, -0.15) is 5.10 Å². The Bertz CT molecular complexity index is 616. The van der Waals surface area contributed by atoms with Gasteiger partial charge in [-0.1, -0.05) is 13.8 Å². The van der Waals surface area contributed by atoms with Crippen LogP contribution in [0.4, 0.5) is 0 Å². The van der Waals surface area contributed by atoms with E-state index in [1.807, 2.05) is 0 Å². The van der Waals surface area contributed by atoms with E-state index in [4.69, 9.17) is 0 Å². The van der Waals surface area contributed by atoms with E-state index in [0.29, 0.717) is 23.6 Å². The minimum absolute atomic E-state index is 0.000371. The molecule has 0 radical (unpaired) electrons. The number of aryl methyl sites for hydroxylation is 2. The first-order chi connectivity index (χ1) is 9.67. The first-order valence-corrected chi connectivity index (χ1v) is 7.27. The predicted molar refractivity (Wildman–Crippen MR) is 79.8 cm³/mol. The quantitative estimate of drug-likeness (QED) is 0.828. The predicted octanol–water partition coefficient (Wildman–Crippen LogP) is 1.30. The van der Waals surface area contributed by atoms with Gasteiger partial charge in [0.2, 0.25) is 0 Å². The second kappa shape index (κ2) is 6.65. The number of nitrogens with one attached hydrogen (secondary N) is 1. The molecule has 6 nitrogen and oxygen atoms in total. The molecule has 0 amide bonds. The summed E-state index contributed by atoms with van der Waals surface area (Å²) in [4.78, 5) is 16.6. The number of hydrogen-bond acceptors (Lipinski definition) is 4. The highest BCUT2D eigenvalue weighted by Gasteiger charge is 2.09. The van der Waals surface area contributed by atoms with Gasteiger partial charge in [0.1, 0.15) is 5.39 Å². The topological polar surface area (TPSA) is 64.7 Å². The molecule has 0 bridgehead atoms. The number of fused-ring (bicyclic) bond motifs is 1. The maximum absolute atomic E-state index is 12.3. The Morgan fingerprint density at radius 2 is 2.20 bits per heavy atom. The SMILES string of the molecule is CCNC(CC)CCCn1cnc2c(cnn2C)c1=O. The Morgan fingerprint density at radius 1 is 1.40 bits per heavy atom. The summed E-state index contributed by atoms with van der Waals surface area (Å²) in [6.45, 7) is 6.00. The molecule has 0 fully saturated rings. The summed E-state index contributed by atoms with van der Waals surface area (Å²) < 4.78 is 3.31. The Labute approximate surface area is 118 Å². The van der Waals surface area contributed by atoms with Crippen LogP contribution in [-0.2, 0) is 13.6 Å². The molecule has 0 aliphatic heterocycles. The molecule has 0 aliphatic rings. The van der Waals surface area contributed by atoms with Crippen LogP contribution in [0.3, 0.4) is 0 Å². The van der Waals surface area contributed by atoms with Gasteiger partial charge in [0.15, 0.2) is 5.65 Å². The van der Waals surface area contributed by atoms with E-state index in [2.05, 4.69) is 29.2 Å². The molecule has 0 aliphatic carbocycles. The van der Waals surface area contributed by atoms with Crippen molar-refractivity contribution in [3.05, 3.63) is 22.9 Å². The van der Waals surface area contributed by atoms with E-state index in [1.54, 1.807) is 28.8 Å². The monoisotopic (exact) mass is 277 g/mol. The zero-order valence-electron chi connectivity index (χ0n) is 12.5. The lowest BCUT2D eigenvalue weighted by Crippen LogP contribution is -2.29. The Morgan fingerprint density at radius 3 is 2.90 bits per heavy atom. The highest BCUT2D eigenvalue weighted by atomic mass is 16.1. The van der Waals surface area contributed by atoms with Crippen LogP contribution in [0.5, 0.6) is 0 Å². The number of hydrogen-bond donors (Lipinski definition) is 1. The zero-order valence-corrected chi connectivity index (χ0v) is 12.5. The standard InChI is InChI=1S/C14H23N5O/c1-4-11(15-5-2)7-6-8-19-10-16-13-12(14(19)20)9-17-18(13)3/h9-11,15H,4-8H2,1-3H3. The van der Waals surface area contributed by atoms with Crippen molar-refractivity contribution >= 4 is 11.0 Å². The number of nitrogens with zero attached hydrogens (tertiary/aromatic N) is 4. The summed E-state index contributed by atoms with van der Waals surface area (Å²) >= 11 is 0. The van der Waals surface area contributed by atoms with Crippen molar-refractivity contribution in [3.8, 4) is 0 Å². The van der Waals surface area contributed by atoms with Crippen LogP contribution >= 0.6 is 0 Å². The maximum Gasteiger partial charge on any atom is 0.264 e. The largest absolute Gasteiger partial charge is 0.314 e. The highest BCUT2D eigenvalue weighted by molar-refractivity contribution is 5.72. The van der Waals surface area contributed by atoms with Gasteiger partial charge in [-0.15, -0.1) is 0 Å². The van der Waals surface area contributed by atoms with Crippen molar-refractivity contribution in [1.29, 1.82) is 0 Å². The van der Waals surface area contributed by atoms with Crippen molar-refractivity contribution in [3.63, 3.8) is 0 Å². The van der Waals surface area contributed by atoms with E-state index < -0.39 is 0 Å². The van der Waals surface area contributed by atoms with Gasteiger partial charge >= 0.3 is 0 Å². The number of aromatic nitrogens is 4. The van der Waals surface area contributed by atoms with Crippen LogP contribution in [0.15, 0.2) is 17.3 Å². The van der Waals surface area contributed by atoms with Crippen LogP contribution < -0.4 is 10.9 Å².